The molecule has 2 nitrogen and oxygen atoms in total. The van der Waals surface area contributed by atoms with Crippen molar-refractivity contribution in [3.05, 3.63) is 0 Å². The van der Waals surface area contributed by atoms with Gasteiger partial charge >= 0.3 is 0 Å². The van der Waals surface area contributed by atoms with E-state index in [-0.39, 0.29) is 5.60 Å². The first-order chi connectivity index (χ1) is 5.66. The molecule has 0 aromatic heterocycles. The first-order valence-corrected chi connectivity index (χ1v) is 5.14. The molecular formula is C10H17NO. The third-order valence-corrected chi connectivity index (χ3v) is 4.31. The highest BCUT2D eigenvalue weighted by Gasteiger charge is 2.53. The van der Waals surface area contributed by atoms with Crippen molar-refractivity contribution in [1.82, 2.24) is 0 Å². The van der Waals surface area contributed by atoms with Gasteiger partial charge in [0.2, 0.25) is 0 Å². The van der Waals surface area contributed by atoms with Crippen LogP contribution in [0.25, 0.3) is 0 Å². The zero-order valence-electron chi connectivity index (χ0n) is 7.37. The Labute approximate surface area is 73.1 Å². The van der Waals surface area contributed by atoms with Gasteiger partial charge in [0, 0.05) is 6.04 Å². The van der Waals surface area contributed by atoms with E-state index in [2.05, 4.69) is 0 Å². The summed E-state index contributed by atoms with van der Waals surface area (Å²) in [5, 5.41) is 10.2. The van der Waals surface area contributed by atoms with Gasteiger partial charge in [-0.1, -0.05) is 0 Å². The van der Waals surface area contributed by atoms with Crippen molar-refractivity contribution in [3.8, 4) is 0 Å². The van der Waals surface area contributed by atoms with Crippen LogP contribution in [-0.2, 0) is 0 Å². The average Bonchev–Trinajstić information content (AvgIpc) is 1.96. The highest BCUT2D eigenvalue weighted by Crippen LogP contribution is 2.54. The van der Waals surface area contributed by atoms with E-state index in [0.29, 0.717) is 17.9 Å². The van der Waals surface area contributed by atoms with Crippen molar-refractivity contribution in [2.24, 2.45) is 23.5 Å². The molecule has 0 spiro atoms. The van der Waals surface area contributed by atoms with Gasteiger partial charge in [-0.15, -0.1) is 0 Å². The summed E-state index contributed by atoms with van der Waals surface area (Å²) in [6.07, 6.45) is 5.62. The molecule has 0 aromatic carbocycles. The van der Waals surface area contributed by atoms with Gasteiger partial charge in [-0.25, -0.2) is 0 Å². The molecule has 1 unspecified atom stereocenters. The lowest BCUT2D eigenvalue weighted by Gasteiger charge is -2.57. The zero-order chi connectivity index (χ0) is 8.34. The first kappa shape index (κ1) is 7.34. The fourth-order valence-electron chi connectivity index (χ4n) is 4.02. The molecular weight excluding hydrogens is 150 g/mol. The highest BCUT2D eigenvalue weighted by molar-refractivity contribution is 5.06. The summed E-state index contributed by atoms with van der Waals surface area (Å²) in [5.41, 5.74) is 5.82. The number of hydrogen-bond acceptors (Lipinski definition) is 2. The molecule has 4 aliphatic carbocycles. The van der Waals surface area contributed by atoms with E-state index in [4.69, 9.17) is 5.73 Å². The van der Waals surface area contributed by atoms with Crippen molar-refractivity contribution < 1.29 is 5.11 Å². The predicted molar refractivity (Wildman–Crippen MR) is 46.5 cm³/mol. The minimum absolute atomic E-state index is 0.299. The number of aliphatic hydroxyl groups is 1. The Morgan fingerprint density at radius 1 is 1.08 bits per heavy atom. The molecule has 12 heavy (non-hydrogen) atoms. The van der Waals surface area contributed by atoms with E-state index in [1.165, 1.54) is 12.8 Å². The maximum atomic E-state index is 10.2. The van der Waals surface area contributed by atoms with Crippen molar-refractivity contribution in [3.63, 3.8) is 0 Å². The summed E-state index contributed by atoms with van der Waals surface area (Å²) < 4.78 is 0. The van der Waals surface area contributed by atoms with Gasteiger partial charge in [0.1, 0.15) is 0 Å². The molecule has 0 saturated heterocycles. The lowest BCUT2D eigenvalue weighted by atomic mass is 9.52. The second kappa shape index (κ2) is 2.05. The van der Waals surface area contributed by atoms with Crippen LogP contribution in [0.2, 0.25) is 0 Å². The molecule has 4 saturated carbocycles. The molecule has 68 valence electrons. The fourth-order valence-corrected chi connectivity index (χ4v) is 4.02. The lowest BCUT2D eigenvalue weighted by molar-refractivity contribution is -0.132. The van der Waals surface area contributed by atoms with E-state index < -0.39 is 0 Å². The van der Waals surface area contributed by atoms with Crippen LogP contribution in [-0.4, -0.2) is 16.7 Å². The highest BCUT2D eigenvalue weighted by atomic mass is 16.3. The zero-order valence-corrected chi connectivity index (χ0v) is 7.37. The number of hydrogen-bond donors (Lipinski definition) is 2. The second-order valence-electron chi connectivity index (χ2n) is 5.27. The Bertz CT molecular complexity index is 200. The van der Waals surface area contributed by atoms with E-state index in [9.17, 15) is 5.11 Å². The third kappa shape index (κ3) is 0.826. The molecule has 0 radical (unpaired) electrons. The van der Waals surface area contributed by atoms with Gasteiger partial charge in [0.05, 0.1) is 5.60 Å². The van der Waals surface area contributed by atoms with Crippen LogP contribution in [0.1, 0.15) is 32.1 Å². The fraction of sp³-hybridized carbons (Fsp3) is 1.00. The molecule has 0 aromatic rings. The van der Waals surface area contributed by atoms with Gasteiger partial charge in [-0.2, -0.15) is 0 Å². The van der Waals surface area contributed by atoms with Crippen molar-refractivity contribution in [2.45, 2.75) is 43.7 Å². The van der Waals surface area contributed by atoms with Crippen molar-refractivity contribution >= 4 is 0 Å². The molecule has 0 heterocycles. The smallest absolute Gasteiger partial charge is 0.0657 e. The molecule has 4 aliphatic rings. The van der Waals surface area contributed by atoms with E-state index in [0.717, 1.165) is 25.2 Å². The van der Waals surface area contributed by atoms with Crippen molar-refractivity contribution in [2.75, 3.05) is 0 Å². The van der Waals surface area contributed by atoms with E-state index in [1.54, 1.807) is 0 Å². The monoisotopic (exact) mass is 167 g/mol. The average molecular weight is 167 g/mol. The second-order valence-corrected chi connectivity index (χ2v) is 5.27. The van der Waals surface area contributed by atoms with Crippen LogP contribution in [0.3, 0.4) is 0 Å². The lowest BCUT2D eigenvalue weighted by Crippen LogP contribution is -2.59. The maximum Gasteiger partial charge on any atom is 0.0657 e. The number of rotatable bonds is 0. The summed E-state index contributed by atoms with van der Waals surface area (Å²) in [5.74, 6) is 2.08. The minimum Gasteiger partial charge on any atom is -0.390 e. The summed E-state index contributed by atoms with van der Waals surface area (Å²) in [4.78, 5) is 0. The van der Waals surface area contributed by atoms with Crippen LogP contribution < -0.4 is 5.73 Å². The van der Waals surface area contributed by atoms with E-state index in [1.807, 2.05) is 0 Å². The van der Waals surface area contributed by atoms with Crippen LogP contribution in [0.4, 0.5) is 0 Å². The van der Waals surface area contributed by atoms with Gasteiger partial charge in [0.15, 0.2) is 0 Å². The maximum absolute atomic E-state index is 10.2. The van der Waals surface area contributed by atoms with Gasteiger partial charge in [-0.05, 0) is 49.9 Å². The topological polar surface area (TPSA) is 46.2 Å². The molecule has 5 atom stereocenters. The Balaban J connectivity index is 1.95. The van der Waals surface area contributed by atoms with Gasteiger partial charge < -0.3 is 10.8 Å². The molecule has 0 aliphatic heterocycles. The molecule has 2 heteroatoms. The number of nitrogens with two attached hydrogens (primary N) is 1. The summed E-state index contributed by atoms with van der Waals surface area (Å²) in [6, 6.07) is 0.404. The minimum atomic E-state index is -0.299. The SMILES string of the molecule is N[C@@H]1[C@@H]2C[C@H]3C[C@H]1CC(O)(C3)C2. The van der Waals surface area contributed by atoms with Gasteiger partial charge in [0.25, 0.3) is 0 Å². The van der Waals surface area contributed by atoms with E-state index >= 15 is 0 Å². The standard InChI is InChI=1S/C10H17NO/c11-9-7-1-6-2-8(9)5-10(12,3-6)4-7/h6-9,12H,1-5,11H2/t6-,7+,8-,9+,10?. The third-order valence-electron chi connectivity index (χ3n) is 4.31. The molecule has 0 amide bonds. The van der Waals surface area contributed by atoms with Crippen molar-refractivity contribution in [1.29, 1.82) is 0 Å². The first-order valence-electron chi connectivity index (χ1n) is 5.14. The van der Waals surface area contributed by atoms with Crippen LogP contribution >= 0.6 is 0 Å². The molecule has 4 fully saturated rings. The predicted octanol–water partition coefficient (Wildman–Crippen LogP) is 0.885. The summed E-state index contributed by atoms with van der Waals surface area (Å²) in [7, 11) is 0. The van der Waals surface area contributed by atoms with Crippen LogP contribution in [0.5, 0.6) is 0 Å². The van der Waals surface area contributed by atoms with Gasteiger partial charge in [-0.3, -0.25) is 0 Å². The Morgan fingerprint density at radius 2 is 1.67 bits per heavy atom. The Morgan fingerprint density at radius 3 is 2.17 bits per heavy atom. The summed E-state index contributed by atoms with van der Waals surface area (Å²) in [6.45, 7) is 0. The Hall–Kier alpha value is -0.0800. The normalized spacial score (nSPS) is 62.5. The Kier molecular flexibility index (Phi) is 1.25. The quantitative estimate of drug-likeness (QED) is 0.562. The molecule has 4 rings (SSSR count). The molecule has 3 N–H and O–H groups in total. The summed E-state index contributed by atoms with van der Waals surface area (Å²) >= 11 is 0. The van der Waals surface area contributed by atoms with Crippen LogP contribution in [0, 0.1) is 17.8 Å². The largest absolute Gasteiger partial charge is 0.390 e. The molecule has 4 bridgehead atoms. The van der Waals surface area contributed by atoms with Crippen LogP contribution in [0.15, 0.2) is 0 Å².